The highest BCUT2D eigenvalue weighted by atomic mass is 32.2. The van der Waals surface area contributed by atoms with Gasteiger partial charge in [0.2, 0.25) is 21.8 Å². The van der Waals surface area contributed by atoms with Crippen LogP contribution in [0.15, 0.2) is 24.3 Å². The summed E-state index contributed by atoms with van der Waals surface area (Å²) in [6, 6.07) is 8.17. The molecule has 27 heavy (non-hydrogen) atoms. The first kappa shape index (κ1) is 19.8. The molecule has 2 heterocycles. The monoisotopic (exact) mass is 393 g/mol. The number of piperidine rings is 1. The van der Waals surface area contributed by atoms with E-state index in [4.69, 9.17) is 0 Å². The highest BCUT2D eigenvalue weighted by Gasteiger charge is 2.29. The van der Waals surface area contributed by atoms with Gasteiger partial charge in [-0.3, -0.25) is 9.59 Å². The van der Waals surface area contributed by atoms with Crippen LogP contribution in [0.25, 0.3) is 0 Å². The molecule has 2 aliphatic rings. The van der Waals surface area contributed by atoms with Crippen molar-refractivity contribution in [1.82, 2.24) is 14.5 Å². The minimum atomic E-state index is -3.19. The van der Waals surface area contributed by atoms with Gasteiger partial charge in [0.25, 0.3) is 0 Å². The van der Waals surface area contributed by atoms with Gasteiger partial charge in [-0.05, 0) is 30.4 Å². The Morgan fingerprint density at radius 1 is 1.11 bits per heavy atom. The van der Waals surface area contributed by atoms with E-state index in [0.717, 1.165) is 6.42 Å². The van der Waals surface area contributed by atoms with Crippen LogP contribution in [0.1, 0.15) is 30.4 Å². The van der Waals surface area contributed by atoms with Gasteiger partial charge in [-0.15, -0.1) is 0 Å². The van der Waals surface area contributed by atoms with Crippen LogP contribution in [-0.4, -0.2) is 61.9 Å². The number of benzene rings is 1. The van der Waals surface area contributed by atoms with Crippen molar-refractivity contribution in [3.63, 3.8) is 0 Å². The number of nitrogens with zero attached hydrogens (tertiary/aromatic N) is 2. The van der Waals surface area contributed by atoms with Crippen molar-refractivity contribution in [3.8, 4) is 0 Å². The van der Waals surface area contributed by atoms with Crippen LogP contribution >= 0.6 is 0 Å². The zero-order valence-corrected chi connectivity index (χ0v) is 16.5. The molecule has 1 saturated heterocycles. The summed E-state index contributed by atoms with van der Waals surface area (Å²) in [5, 5.41) is 2.84. The Hall–Kier alpha value is -1.93. The number of rotatable bonds is 5. The molecular weight excluding hydrogens is 366 g/mol. The molecule has 7 nitrogen and oxygen atoms in total. The van der Waals surface area contributed by atoms with E-state index in [1.54, 1.807) is 0 Å². The lowest BCUT2D eigenvalue weighted by Crippen LogP contribution is -2.43. The summed E-state index contributed by atoms with van der Waals surface area (Å²) in [5.41, 5.74) is 2.49. The van der Waals surface area contributed by atoms with Crippen molar-refractivity contribution in [2.75, 3.05) is 32.4 Å². The summed E-state index contributed by atoms with van der Waals surface area (Å²) in [6.45, 7) is 2.43. The van der Waals surface area contributed by atoms with Crippen LogP contribution in [0.5, 0.6) is 0 Å². The van der Waals surface area contributed by atoms with E-state index in [0.29, 0.717) is 45.6 Å². The molecule has 1 N–H and O–H groups in total. The van der Waals surface area contributed by atoms with Crippen LogP contribution in [-0.2, 0) is 32.6 Å². The Labute approximate surface area is 160 Å². The van der Waals surface area contributed by atoms with E-state index in [9.17, 15) is 18.0 Å². The number of hydrogen-bond acceptors (Lipinski definition) is 4. The van der Waals surface area contributed by atoms with Crippen molar-refractivity contribution >= 4 is 21.8 Å². The number of nitrogens with one attached hydrogen (secondary N) is 1. The average molecular weight is 394 g/mol. The second-order valence-corrected chi connectivity index (χ2v) is 9.29. The molecule has 0 unspecified atom stereocenters. The van der Waals surface area contributed by atoms with Crippen LogP contribution in [0, 0.1) is 5.92 Å². The lowest BCUT2D eigenvalue weighted by molar-refractivity contribution is -0.132. The van der Waals surface area contributed by atoms with Crippen LogP contribution in [0.3, 0.4) is 0 Å². The Balaban J connectivity index is 1.40. The largest absolute Gasteiger partial charge is 0.355 e. The molecule has 0 bridgehead atoms. The van der Waals surface area contributed by atoms with Crippen LogP contribution in [0.4, 0.5) is 0 Å². The quantitative estimate of drug-likeness (QED) is 0.800. The molecule has 8 heteroatoms. The first-order chi connectivity index (χ1) is 12.8. The van der Waals surface area contributed by atoms with Crippen LogP contribution < -0.4 is 5.32 Å². The molecule has 0 radical (unpaired) electrons. The molecule has 0 atom stereocenters. The number of fused-ring (bicyclic) bond motifs is 1. The van der Waals surface area contributed by atoms with Gasteiger partial charge in [-0.2, -0.15) is 0 Å². The minimum Gasteiger partial charge on any atom is -0.355 e. The van der Waals surface area contributed by atoms with E-state index in [-0.39, 0.29) is 24.2 Å². The molecule has 0 saturated carbocycles. The summed E-state index contributed by atoms with van der Waals surface area (Å²) in [5.74, 6) is -0.211. The van der Waals surface area contributed by atoms with Crippen molar-refractivity contribution in [2.45, 2.75) is 32.2 Å². The molecule has 3 rings (SSSR count). The van der Waals surface area contributed by atoms with E-state index >= 15 is 0 Å². The van der Waals surface area contributed by atoms with Crippen LogP contribution in [0.2, 0.25) is 0 Å². The predicted octanol–water partition coefficient (Wildman–Crippen LogP) is 0.749. The fourth-order valence-corrected chi connectivity index (χ4v) is 4.63. The van der Waals surface area contributed by atoms with Gasteiger partial charge in [-0.25, -0.2) is 12.7 Å². The molecule has 2 amide bonds. The van der Waals surface area contributed by atoms with Crippen molar-refractivity contribution in [1.29, 1.82) is 0 Å². The summed E-state index contributed by atoms with van der Waals surface area (Å²) >= 11 is 0. The highest BCUT2D eigenvalue weighted by Crippen LogP contribution is 2.20. The topological polar surface area (TPSA) is 86.8 Å². The van der Waals surface area contributed by atoms with Gasteiger partial charge in [0.1, 0.15) is 0 Å². The Bertz CT molecular complexity index is 801. The maximum Gasteiger partial charge on any atom is 0.224 e. The van der Waals surface area contributed by atoms with E-state index < -0.39 is 10.0 Å². The second-order valence-electron chi connectivity index (χ2n) is 7.31. The van der Waals surface area contributed by atoms with Gasteiger partial charge in [0, 0.05) is 45.1 Å². The van der Waals surface area contributed by atoms with Crippen molar-refractivity contribution in [2.24, 2.45) is 5.92 Å². The molecule has 0 spiro atoms. The zero-order chi connectivity index (χ0) is 19.4. The summed E-state index contributed by atoms with van der Waals surface area (Å²) < 4.78 is 24.5. The maximum atomic E-state index is 12.4. The number of sulfonamides is 1. The molecular formula is C19H27N3O4S. The second kappa shape index (κ2) is 8.39. The molecule has 1 fully saturated rings. The zero-order valence-electron chi connectivity index (χ0n) is 15.7. The summed E-state index contributed by atoms with van der Waals surface area (Å²) in [6.07, 6.45) is 3.40. The van der Waals surface area contributed by atoms with Gasteiger partial charge in [-0.1, -0.05) is 24.3 Å². The van der Waals surface area contributed by atoms with Gasteiger partial charge < -0.3 is 10.2 Å². The number of amides is 2. The molecule has 1 aromatic rings. The summed E-state index contributed by atoms with van der Waals surface area (Å²) in [7, 11) is -3.19. The molecule has 2 aliphatic heterocycles. The fraction of sp³-hybridized carbons (Fsp3) is 0.579. The fourth-order valence-electron chi connectivity index (χ4n) is 3.75. The standard InChI is InChI=1S/C19H27N3O4S/c1-27(25,26)22-12-8-16(9-13-22)19(24)20-10-6-18(23)21-11-7-15-4-2-3-5-17(15)14-21/h2-5,16H,6-14H2,1H3,(H,20,24). The van der Waals surface area contributed by atoms with Gasteiger partial charge in [0.15, 0.2) is 0 Å². The normalized spacial score (nSPS) is 18.8. The maximum absolute atomic E-state index is 12.4. The van der Waals surface area contributed by atoms with E-state index in [2.05, 4.69) is 17.4 Å². The molecule has 1 aromatic carbocycles. The lowest BCUT2D eigenvalue weighted by Gasteiger charge is -2.30. The average Bonchev–Trinajstić information content (AvgIpc) is 2.66. The Kier molecular flexibility index (Phi) is 6.16. The lowest BCUT2D eigenvalue weighted by atomic mass is 9.97. The van der Waals surface area contributed by atoms with E-state index in [1.165, 1.54) is 21.7 Å². The molecule has 0 aliphatic carbocycles. The number of carbonyl (C=O) groups is 2. The Morgan fingerprint density at radius 3 is 2.44 bits per heavy atom. The minimum absolute atomic E-state index is 0.0525. The van der Waals surface area contributed by atoms with Gasteiger partial charge in [0.05, 0.1) is 6.26 Å². The highest BCUT2D eigenvalue weighted by molar-refractivity contribution is 7.88. The smallest absolute Gasteiger partial charge is 0.224 e. The summed E-state index contributed by atoms with van der Waals surface area (Å²) in [4.78, 5) is 26.5. The third kappa shape index (κ3) is 5.07. The van der Waals surface area contributed by atoms with Gasteiger partial charge >= 0.3 is 0 Å². The number of hydrogen-bond donors (Lipinski definition) is 1. The third-order valence-electron chi connectivity index (χ3n) is 5.42. The first-order valence-corrected chi connectivity index (χ1v) is 11.3. The Morgan fingerprint density at radius 2 is 1.78 bits per heavy atom. The third-order valence-corrected chi connectivity index (χ3v) is 6.72. The first-order valence-electron chi connectivity index (χ1n) is 9.42. The van der Waals surface area contributed by atoms with Crippen molar-refractivity contribution in [3.05, 3.63) is 35.4 Å². The molecule has 148 valence electrons. The SMILES string of the molecule is CS(=O)(=O)N1CCC(C(=O)NCCC(=O)N2CCc3ccccc3C2)CC1. The predicted molar refractivity (Wildman–Crippen MR) is 102 cm³/mol. The van der Waals surface area contributed by atoms with Crippen molar-refractivity contribution < 1.29 is 18.0 Å². The number of carbonyl (C=O) groups excluding carboxylic acids is 2. The van der Waals surface area contributed by atoms with E-state index in [1.807, 2.05) is 17.0 Å². The molecule has 0 aromatic heterocycles.